The normalized spacial score (nSPS) is 15.4. The molecule has 0 aromatic heterocycles. The van der Waals surface area contributed by atoms with Crippen LogP contribution in [-0.4, -0.2) is 18.5 Å². The maximum atomic E-state index is 12.5. The van der Waals surface area contributed by atoms with Crippen LogP contribution in [0.3, 0.4) is 0 Å². The van der Waals surface area contributed by atoms with E-state index in [9.17, 15) is 4.79 Å². The van der Waals surface area contributed by atoms with Gasteiger partial charge in [-0.2, -0.15) is 0 Å². The number of nitrogens with one attached hydrogen (secondary N) is 2. The summed E-state index contributed by atoms with van der Waals surface area (Å²) in [6, 6.07) is 6.24. The SMILES string of the molecule is CCC(CC)C(C)NC(=O)c1cccc2c1NCCC2. The number of hydrogen-bond acceptors (Lipinski definition) is 2. The Kier molecular flexibility index (Phi) is 5.05. The molecule has 0 fully saturated rings. The largest absolute Gasteiger partial charge is 0.384 e. The third kappa shape index (κ3) is 3.14. The molecule has 1 atom stereocenters. The van der Waals surface area contributed by atoms with Crippen LogP contribution in [-0.2, 0) is 6.42 Å². The highest BCUT2D eigenvalue weighted by molar-refractivity contribution is 6.00. The minimum atomic E-state index is 0.0515. The molecular formula is C17H26N2O. The number of carbonyl (C=O) groups is 1. The van der Waals surface area contributed by atoms with Crippen molar-refractivity contribution in [2.75, 3.05) is 11.9 Å². The van der Waals surface area contributed by atoms with Crippen LogP contribution >= 0.6 is 0 Å². The van der Waals surface area contributed by atoms with Gasteiger partial charge in [-0.3, -0.25) is 4.79 Å². The minimum absolute atomic E-state index is 0.0515. The van der Waals surface area contributed by atoms with E-state index in [2.05, 4.69) is 37.5 Å². The molecule has 0 saturated carbocycles. The second-order valence-corrected chi connectivity index (χ2v) is 5.71. The first-order valence-corrected chi connectivity index (χ1v) is 7.84. The fourth-order valence-electron chi connectivity index (χ4n) is 3.10. The summed E-state index contributed by atoms with van der Waals surface area (Å²) in [7, 11) is 0. The van der Waals surface area contributed by atoms with Gasteiger partial charge in [0.1, 0.15) is 0 Å². The molecule has 0 saturated heterocycles. The van der Waals surface area contributed by atoms with Crippen molar-refractivity contribution in [2.45, 2.75) is 52.5 Å². The van der Waals surface area contributed by atoms with Gasteiger partial charge in [-0.1, -0.05) is 38.8 Å². The molecule has 1 amide bonds. The highest BCUT2D eigenvalue weighted by atomic mass is 16.1. The number of rotatable bonds is 5. The molecule has 0 radical (unpaired) electrons. The van der Waals surface area contributed by atoms with Gasteiger partial charge in [-0.05, 0) is 37.3 Å². The molecule has 3 heteroatoms. The molecule has 0 aliphatic carbocycles. The number of anilines is 1. The van der Waals surface area contributed by atoms with Crippen molar-refractivity contribution in [1.82, 2.24) is 5.32 Å². The Morgan fingerprint density at radius 1 is 1.35 bits per heavy atom. The number of aryl methyl sites for hydroxylation is 1. The molecule has 1 aromatic rings. The van der Waals surface area contributed by atoms with E-state index in [4.69, 9.17) is 0 Å². The molecule has 20 heavy (non-hydrogen) atoms. The number of amides is 1. The molecule has 1 aromatic carbocycles. The zero-order valence-corrected chi connectivity index (χ0v) is 12.8. The van der Waals surface area contributed by atoms with Gasteiger partial charge in [0.25, 0.3) is 5.91 Å². The number of fused-ring (bicyclic) bond motifs is 1. The van der Waals surface area contributed by atoms with E-state index in [-0.39, 0.29) is 11.9 Å². The number of carbonyl (C=O) groups excluding carboxylic acids is 1. The van der Waals surface area contributed by atoms with E-state index < -0.39 is 0 Å². The van der Waals surface area contributed by atoms with Gasteiger partial charge in [0.05, 0.1) is 11.3 Å². The van der Waals surface area contributed by atoms with E-state index in [1.54, 1.807) is 0 Å². The van der Waals surface area contributed by atoms with Crippen LogP contribution in [0.25, 0.3) is 0 Å². The minimum Gasteiger partial charge on any atom is -0.384 e. The van der Waals surface area contributed by atoms with Crippen molar-refractivity contribution in [3.8, 4) is 0 Å². The standard InChI is InChI=1S/C17H26N2O/c1-4-13(5-2)12(3)19-17(20)15-10-6-8-14-9-7-11-18-16(14)15/h6,8,10,12-13,18H,4-5,7,9,11H2,1-3H3,(H,19,20). The molecule has 1 unspecified atom stereocenters. The topological polar surface area (TPSA) is 41.1 Å². The van der Waals surface area contributed by atoms with E-state index in [0.717, 1.165) is 43.5 Å². The van der Waals surface area contributed by atoms with Crippen LogP contribution in [0.1, 0.15) is 56.0 Å². The zero-order valence-electron chi connectivity index (χ0n) is 12.8. The van der Waals surface area contributed by atoms with Gasteiger partial charge < -0.3 is 10.6 Å². The Balaban J connectivity index is 2.13. The summed E-state index contributed by atoms with van der Waals surface area (Å²) in [5.74, 6) is 0.599. The van der Waals surface area contributed by atoms with Crippen LogP contribution in [0.5, 0.6) is 0 Å². The summed E-state index contributed by atoms with van der Waals surface area (Å²) in [6.07, 6.45) is 4.40. The van der Waals surface area contributed by atoms with E-state index in [1.165, 1.54) is 5.56 Å². The molecule has 1 aliphatic heterocycles. The summed E-state index contributed by atoms with van der Waals surface area (Å²) in [4.78, 5) is 12.5. The number of para-hydroxylation sites is 1. The molecule has 0 spiro atoms. The monoisotopic (exact) mass is 274 g/mol. The number of hydrogen-bond donors (Lipinski definition) is 2. The van der Waals surface area contributed by atoms with Crippen LogP contribution in [0.4, 0.5) is 5.69 Å². The molecule has 3 nitrogen and oxygen atoms in total. The quantitative estimate of drug-likeness (QED) is 0.861. The van der Waals surface area contributed by atoms with Gasteiger partial charge in [-0.25, -0.2) is 0 Å². The lowest BCUT2D eigenvalue weighted by atomic mass is 9.94. The Morgan fingerprint density at radius 2 is 2.10 bits per heavy atom. The van der Waals surface area contributed by atoms with Crippen molar-refractivity contribution < 1.29 is 4.79 Å². The summed E-state index contributed by atoms with van der Waals surface area (Å²) in [5, 5.41) is 6.55. The van der Waals surface area contributed by atoms with Crippen molar-refractivity contribution in [1.29, 1.82) is 0 Å². The second-order valence-electron chi connectivity index (χ2n) is 5.71. The zero-order chi connectivity index (χ0) is 14.5. The van der Waals surface area contributed by atoms with Crippen LogP contribution in [0.15, 0.2) is 18.2 Å². The average molecular weight is 274 g/mol. The Bertz CT molecular complexity index is 466. The van der Waals surface area contributed by atoms with Gasteiger partial charge in [-0.15, -0.1) is 0 Å². The van der Waals surface area contributed by atoms with E-state index in [0.29, 0.717) is 5.92 Å². The molecular weight excluding hydrogens is 248 g/mol. The molecule has 1 aliphatic rings. The molecule has 1 heterocycles. The van der Waals surface area contributed by atoms with Crippen LogP contribution < -0.4 is 10.6 Å². The Hall–Kier alpha value is -1.51. The van der Waals surface area contributed by atoms with Gasteiger partial charge >= 0.3 is 0 Å². The smallest absolute Gasteiger partial charge is 0.253 e. The average Bonchev–Trinajstić information content (AvgIpc) is 2.47. The van der Waals surface area contributed by atoms with Crippen molar-refractivity contribution in [3.05, 3.63) is 29.3 Å². The lowest BCUT2D eigenvalue weighted by Gasteiger charge is -2.25. The highest BCUT2D eigenvalue weighted by Gasteiger charge is 2.20. The summed E-state index contributed by atoms with van der Waals surface area (Å²) >= 11 is 0. The van der Waals surface area contributed by atoms with Crippen LogP contribution in [0, 0.1) is 5.92 Å². The van der Waals surface area contributed by atoms with Gasteiger partial charge in [0.2, 0.25) is 0 Å². The second kappa shape index (κ2) is 6.78. The fraction of sp³-hybridized carbons (Fsp3) is 0.588. The fourth-order valence-corrected chi connectivity index (χ4v) is 3.10. The Morgan fingerprint density at radius 3 is 2.80 bits per heavy atom. The lowest BCUT2D eigenvalue weighted by molar-refractivity contribution is 0.0926. The predicted molar refractivity (Wildman–Crippen MR) is 84.3 cm³/mol. The summed E-state index contributed by atoms with van der Waals surface area (Å²) in [6.45, 7) is 7.43. The number of benzene rings is 1. The van der Waals surface area contributed by atoms with Gasteiger partial charge in [0, 0.05) is 12.6 Å². The van der Waals surface area contributed by atoms with Gasteiger partial charge in [0.15, 0.2) is 0 Å². The first kappa shape index (κ1) is 14.9. The lowest BCUT2D eigenvalue weighted by Crippen LogP contribution is -2.38. The van der Waals surface area contributed by atoms with E-state index >= 15 is 0 Å². The molecule has 0 bridgehead atoms. The van der Waals surface area contributed by atoms with E-state index in [1.807, 2.05) is 12.1 Å². The maximum absolute atomic E-state index is 12.5. The first-order valence-electron chi connectivity index (χ1n) is 7.84. The summed E-state index contributed by atoms with van der Waals surface area (Å²) < 4.78 is 0. The maximum Gasteiger partial charge on any atom is 0.253 e. The van der Waals surface area contributed by atoms with Crippen LogP contribution in [0.2, 0.25) is 0 Å². The summed E-state index contributed by atoms with van der Waals surface area (Å²) in [5.41, 5.74) is 3.09. The van der Waals surface area contributed by atoms with Crippen molar-refractivity contribution >= 4 is 11.6 Å². The first-order chi connectivity index (χ1) is 9.67. The molecule has 2 N–H and O–H groups in total. The predicted octanol–water partition coefficient (Wildman–Crippen LogP) is 3.60. The van der Waals surface area contributed by atoms with Crippen molar-refractivity contribution in [2.24, 2.45) is 5.92 Å². The molecule has 110 valence electrons. The van der Waals surface area contributed by atoms with Crippen molar-refractivity contribution in [3.63, 3.8) is 0 Å². The third-order valence-corrected chi connectivity index (χ3v) is 4.43. The Labute approximate surface area is 122 Å². The highest BCUT2D eigenvalue weighted by Crippen LogP contribution is 2.26. The third-order valence-electron chi connectivity index (χ3n) is 4.43. The molecule has 2 rings (SSSR count).